The molecule has 0 amide bonds. The van der Waals surface area contributed by atoms with Gasteiger partial charge in [0.1, 0.15) is 16.0 Å². The van der Waals surface area contributed by atoms with Gasteiger partial charge in [0.25, 0.3) is 5.89 Å². The maximum absolute atomic E-state index is 8.84. The molecule has 0 unspecified atom stereocenters. The number of hydroxylamine groups is 1. The van der Waals surface area contributed by atoms with Gasteiger partial charge >= 0.3 is 0 Å². The third-order valence-corrected chi connectivity index (χ3v) is 5.17. The van der Waals surface area contributed by atoms with Crippen molar-refractivity contribution < 1.29 is 9.73 Å². The number of aliphatic imine (C=N–C) groups is 1. The number of aryl methyl sites for hydroxylation is 2. The number of aromatic nitrogens is 3. The Bertz CT molecular complexity index is 1120. The molecule has 0 fully saturated rings. The van der Waals surface area contributed by atoms with Crippen LogP contribution < -0.4 is 5.48 Å². The molecule has 7 nitrogen and oxygen atoms in total. The molecule has 0 saturated heterocycles. The number of benzene rings is 1. The van der Waals surface area contributed by atoms with Crippen LogP contribution in [-0.2, 0) is 0 Å². The summed E-state index contributed by atoms with van der Waals surface area (Å²) in [5.74, 6) is 0.884. The highest BCUT2D eigenvalue weighted by Crippen LogP contribution is 2.43. The van der Waals surface area contributed by atoms with E-state index in [1.165, 1.54) is 28.8 Å². The van der Waals surface area contributed by atoms with Gasteiger partial charge < -0.3 is 4.52 Å². The Labute approximate surface area is 153 Å². The molecular formula is C18H15N5O2S. The molecule has 2 N–H and O–H groups in total. The molecule has 4 aromatic rings. The molecule has 3 aromatic heterocycles. The van der Waals surface area contributed by atoms with Crippen LogP contribution in [0.4, 0.5) is 5.69 Å². The topological polar surface area (TPSA) is 96.4 Å². The number of hydrogen-bond donors (Lipinski definition) is 2. The minimum atomic E-state index is 0.367. The first kappa shape index (κ1) is 16.4. The van der Waals surface area contributed by atoms with Crippen molar-refractivity contribution >= 4 is 33.6 Å². The Morgan fingerprint density at radius 1 is 1.23 bits per heavy atom. The van der Waals surface area contributed by atoms with E-state index in [0.717, 1.165) is 15.8 Å². The van der Waals surface area contributed by atoms with Crippen LogP contribution in [0.25, 0.3) is 32.4 Å². The van der Waals surface area contributed by atoms with Crippen molar-refractivity contribution in [1.82, 2.24) is 20.6 Å². The largest absolute Gasteiger partial charge is 0.333 e. The van der Waals surface area contributed by atoms with Crippen molar-refractivity contribution in [3.05, 3.63) is 47.7 Å². The second-order valence-corrected chi connectivity index (χ2v) is 6.74. The molecule has 0 atom stereocenters. The summed E-state index contributed by atoms with van der Waals surface area (Å²) < 4.78 is 5.49. The molecule has 0 spiro atoms. The predicted octanol–water partition coefficient (Wildman–Crippen LogP) is 4.27. The molecular weight excluding hydrogens is 350 g/mol. The van der Waals surface area contributed by atoms with E-state index in [-0.39, 0.29) is 0 Å². The second-order valence-electron chi connectivity index (χ2n) is 5.75. The van der Waals surface area contributed by atoms with Crippen LogP contribution in [0.1, 0.15) is 11.1 Å². The SMILES string of the molecule is Cc1ccc(-c2noc(-c3sc4ncccc4c3N=CNO)n2)cc1C. The number of fused-ring (bicyclic) bond motifs is 1. The van der Waals surface area contributed by atoms with Gasteiger partial charge in [0.15, 0.2) is 0 Å². The van der Waals surface area contributed by atoms with Crippen LogP contribution in [0.5, 0.6) is 0 Å². The van der Waals surface area contributed by atoms with Gasteiger partial charge in [0.05, 0.1) is 5.69 Å². The van der Waals surface area contributed by atoms with E-state index < -0.39 is 0 Å². The Morgan fingerprint density at radius 2 is 2.12 bits per heavy atom. The smallest absolute Gasteiger partial charge is 0.270 e. The molecule has 26 heavy (non-hydrogen) atoms. The standard InChI is InChI=1S/C18H15N5O2S/c1-10-5-6-12(8-11(10)2)16-22-17(25-23-16)15-14(20-9-21-24)13-4-3-7-19-18(13)26-15/h3-9,24H,1-2H3,(H,20,21). The van der Waals surface area contributed by atoms with E-state index in [1.807, 2.05) is 42.7 Å². The second kappa shape index (κ2) is 6.66. The molecule has 0 radical (unpaired) electrons. The molecule has 1 aromatic carbocycles. The van der Waals surface area contributed by atoms with Gasteiger partial charge in [-0.05, 0) is 43.2 Å². The van der Waals surface area contributed by atoms with Crippen LogP contribution in [0.15, 0.2) is 46.0 Å². The maximum Gasteiger partial charge on any atom is 0.270 e. The highest BCUT2D eigenvalue weighted by atomic mass is 32.1. The molecule has 8 heteroatoms. The summed E-state index contributed by atoms with van der Waals surface area (Å²) >= 11 is 1.41. The lowest BCUT2D eigenvalue weighted by Crippen LogP contribution is -2.00. The van der Waals surface area contributed by atoms with E-state index >= 15 is 0 Å². The third-order valence-electron chi connectivity index (χ3n) is 4.08. The maximum atomic E-state index is 8.84. The van der Waals surface area contributed by atoms with Crippen molar-refractivity contribution in [1.29, 1.82) is 0 Å². The van der Waals surface area contributed by atoms with Gasteiger partial charge in [-0.2, -0.15) is 4.98 Å². The zero-order chi connectivity index (χ0) is 18.1. The zero-order valence-corrected chi connectivity index (χ0v) is 14.9. The number of nitrogens with one attached hydrogen (secondary N) is 1. The van der Waals surface area contributed by atoms with Crippen LogP contribution >= 0.6 is 11.3 Å². The van der Waals surface area contributed by atoms with Gasteiger partial charge in [-0.25, -0.2) is 9.98 Å². The number of thiophene rings is 1. The van der Waals surface area contributed by atoms with Crippen LogP contribution in [0, 0.1) is 13.8 Å². The lowest BCUT2D eigenvalue weighted by molar-refractivity contribution is 0.240. The minimum Gasteiger partial charge on any atom is -0.333 e. The summed E-state index contributed by atoms with van der Waals surface area (Å²) in [7, 11) is 0. The van der Waals surface area contributed by atoms with E-state index in [2.05, 4.69) is 27.0 Å². The lowest BCUT2D eigenvalue weighted by atomic mass is 10.1. The van der Waals surface area contributed by atoms with Gasteiger partial charge in [-0.1, -0.05) is 17.3 Å². The van der Waals surface area contributed by atoms with Gasteiger partial charge in [-0.15, -0.1) is 11.3 Å². The first-order valence-corrected chi connectivity index (χ1v) is 8.70. The number of pyridine rings is 1. The van der Waals surface area contributed by atoms with E-state index in [0.29, 0.717) is 22.3 Å². The summed E-state index contributed by atoms with van der Waals surface area (Å²) in [5, 5.41) is 13.8. The summed E-state index contributed by atoms with van der Waals surface area (Å²) in [4.78, 5) is 14.6. The average molecular weight is 365 g/mol. The normalized spacial score (nSPS) is 11.5. The fourth-order valence-corrected chi connectivity index (χ4v) is 3.61. The predicted molar refractivity (Wildman–Crippen MR) is 101 cm³/mol. The van der Waals surface area contributed by atoms with E-state index in [4.69, 9.17) is 9.73 Å². The van der Waals surface area contributed by atoms with Crippen molar-refractivity contribution in [2.24, 2.45) is 4.99 Å². The van der Waals surface area contributed by atoms with Crippen molar-refractivity contribution in [2.75, 3.05) is 0 Å². The lowest BCUT2D eigenvalue weighted by Gasteiger charge is -2.00. The Kier molecular flexibility index (Phi) is 4.19. The van der Waals surface area contributed by atoms with Crippen LogP contribution in [0.2, 0.25) is 0 Å². The summed E-state index contributed by atoms with van der Waals surface area (Å²) in [6, 6.07) is 9.78. The Hall–Kier alpha value is -3.10. The van der Waals surface area contributed by atoms with Gasteiger partial charge in [-0.3, -0.25) is 10.7 Å². The quantitative estimate of drug-likeness (QED) is 0.318. The monoisotopic (exact) mass is 365 g/mol. The Balaban J connectivity index is 1.82. The van der Waals surface area contributed by atoms with Crippen LogP contribution in [-0.4, -0.2) is 26.7 Å². The first-order chi connectivity index (χ1) is 12.7. The molecule has 0 saturated carbocycles. The van der Waals surface area contributed by atoms with Crippen molar-refractivity contribution in [2.45, 2.75) is 13.8 Å². The van der Waals surface area contributed by atoms with Crippen LogP contribution in [0.3, 0.4) is 0 Å². The molecule has 130 valence electrons. The summed E-state index contributed by atoms with van der Waals surface area (Å²) in [5.41, 5.74) is 5.81. The molecule has 4 rings (SSSR count). The zero-order valence-electron chi connectivity index (χ0n) is 14.1. The van der Waals surface area contributed by atoms with Gasteiger partial charge in [0.2, 0.25) is 5.82 Å². The fourth-order valence-electron chi connectivity index (χ4n) is 2.60. The average Bonchev–Trinajstić information content (AvgIpc) is 3.27. The summed E-state index contributed by atoms with van der Waals surface area (Å²) in [6.07, 6.45) is 2.91. The first-order valence-electron chi connectivity index (χ1n) is 7.89. The molecule has 0 aliphatic rings. The number of hydrogen-bond acceptors (Lipinski definition) is 7. The molecule has 0 aliphatic heterocycles. The highest BCUT2D eigenvalue weighted by molar-refractivity contribution is 7.22. The fraction of sp³-hybridized carbons (Fsp3) is 0.111. The molecule has 0 aliphatic carbocycles. The van der Waals surface area contributed by atoms with Crippen molar-refractivity contribution in [3.63, 3.8) is 0 Å². The van der Waals surface area contributed by atoms with E-state index in [9.17, 15) is 0 Å². The summed E-state index contributed by atoms with van der Waals surface area (Å²) in [6.45, 7) is 4.11. The molecule has 0 bridgehead atoms. The Morgan fingerprint density at radius 3 is 2.92 bits per heavy atom. The van der Waals surface area contributed by atoms with Gasteiger partial charge in [0, 0.05) is 17.1 Å². The van der Waals surface area contributed by atoms with Crippen molar-refractivity contribution in [3.8, 4) is 22.2 Å². The number of rotatable bonds is 4. The highest BCUT2D eigenvalue weighted by Gasteiger charge is 2.20. The number of nitrogens with zero attached hydrogens (tertiary/aromatic N) is 4. The van der Waals surface area contributed by atoms with E-state index in [1.54, 1.807) is 6.20 Å². The molecule has 3 heterocycles. The minimum absolute atomic E-state index is 0.367. The third kappa shape index (κ3) is 2.85.